The normalized spacial score (nSPS) is 10.9. The number of hydrogen-bond donors (Lipinski definition) is 1. The fraction of sp³-hybridized carbons (Fsp3) is 0.333. The van der Waals surface area contributed by atoms with Crippen LogP contribution in [0.4, 0.5) is 0 Å². The molecule has 5 heteroatoms. The SMILES string of the molecule is CNC(=O)/C(C#N)=C/c1cccc(OC)c1OC(C)C. The van der Waals surface area contributed by atoms with Crippen molar-refractivity contribution in [2.75, 3.05) is 14.2 Å². The van der Waals surface area contributed by atoms with Gasteiger partial charge in [0.25, 0.3) is 5.91 Å². The highest BCUT2D eigenvalue weighted by atomic mass is 16.5. The van der Waals surface area contributed by atoms with Crippen LogP contribution in [0, 0.1) is 11.3 Å². The van der Waals surface area contributed by atoms with Crippen molar-refractivity contribution < 1.29 is 14.3 Å². The molecule has 5 nitrogen and oxygen atoms in total. The average molecular weight is 274 g/mol. The van der Waals surface area contributed by atoms with E-state index in [2.05, 4.69) is 5.32 Å². The maximum atomic E-state index is 11.6. The first-order valence-corrected chi connectivity index (χ1v) is 6.21. The number of benzene rings is 1. The standard InChI is InChI=1S/C15H18N2O3/c1-10(2)20-14-11(6-5-7-13(14)19-4)8-12(9-16)15(18)17-3/h5-8,10H,1-4H3,(H,17,18)/b12-8+. The van der Waals surface area contributed by atoms with Crippen molar-refractivity contribution >= 4 is 12.0 Å². The van der Waals surface area contributed by atoms with Gasteiger partial charge in [-0.05, 0) is 26.0 Å². The number of nitrogens with one attached hydrogen (secondary N) is 1. The van der Waals surface area contributed by atoms with Gasteiger partial charge in [0.1, 0.15) is 11.6 Å². The van der Waals surface area contributed by atoms with E-state index in [9.17, 15) is 4.79 Å². The number of methoxy groups -OCH3 is 1. The number of nitrogens with zero attached hydrogens (tertiary/aromatic N) is 1. The zero-order chi connectivity index (χ0) is 15.1. The summed E-state index contributed by atoms with van der Waals surface area (Å²) >= 11 is 0. The minimum atomic E-state index is -0.439. The Labute approximate surface area is 118 Å². The third kappa shape index (κ3) is 3.75. The van der Waals surface area contributed by atoms with E-state index in [0.717, 1.165) is 0 Å². The summed E-state index contributed by atoms with van der Waals surface area (Å²) in [6.45, 7) is 3.79. The first-order chi connectivity index (χ1) is 9.53. The molecule has 0 unspecified atom stereocenters. The molecule has 1 amide bonds. The molecule has 0 saturated heterocycles. The molecule has 0 fully saturated rings. The number of hydrogen-bond acceptors (Lipinski definition) is 4. The highest BCUT2D eigenvalue weighted by Crippen LogP contribution is 2.33. The lowest BCUT2D eigenvalue weighted by atomic mass is 10.1. The molecule has 0 aliphatic heterocycles. The predicted octanol–water partition coefficient (Wildman–Crippen LogP) is 2.14. The summed E-state index contributed by atoms with van der Waals surface area (Å²) in [5, 5.41) is 11.5. The fourth-order valence-electron chi connectivity index (χ4n) is 1.61. The second-order valence-electron chi connectivity index (χ2n) is 4.29. The van der Waals surface area contributed by atoms with E-state index in [-0.39, 0.29) is 11.7 Å². The molecule has 0 aliphatic carbocycles. The van der Waals surface area contributed by atoms with E-state index in [1.165, 1.54) is 13.1 Å². The number of carbonyl (C=O) groups is 1. The number of amides is 1. The second kappa shape index (κ2) is 7.19. The van der Waals surface area contributed by atoms with Gasteiger partial charge in [-0.1, -0.05) is 12.1 Å². The first kappa shape index (κ1) is 15.6. The molecule has 0 saturated carbocycles. The average Bonchev–Trinajstić information content (AvgIpc) is 2.44. The molecule has 0 aliphatic rings. The van der Waals surface area contributed by atoms with Crippen LogP contribution in [0.15, 0.2) is 23.8 Å². The summed E-state index contributed by atoms with van der Waals surface area (Å²) in [6, 6.07) is 7.18. The van der Waals surface area contributed by atoms with Crippen LogP contribution in [0.2, 0.25) is 0 Å². The molecule has 106 valence electrons. The molecule has 0 spiro atoms. The lowest BCUT2D eigenvalue weighted by molar-refractivity contribution is -0.116. The van der Waals surface area contributed by atoms with Crippen molar-refractivity contribution in [3.63, 3.8) is 0 Å². The first-order valence-electron chi connectivity index (χ1n) is 6.21. The van der Waals surface area contributed by atoms with Gasteiger partial charge < -0.3 is 14.8 Å². The van der Waals surface area contributed by atoms with Crippen LogP contribution in [0.5, 0.6) is 11.5 Å². The van der Waals surface area contributed by atoms with Gasteiger partial charge in [0, 0.05) is 12.6 Å². The van der Waals surface area contributed by atoms with Gasteiger partial charge in [0.15, 0.2) is 11.5 Å². The number of likely N-dealkylation sites (N-methyl/N-ethyl adjacent to an activating group) is 1. The molecule has 0 atom stereocenters. The summed E-state index contributed by atoms with van der Waals surface area (Å²) < 4.78 is 11.0. The van der Waals surface area contributed by atoms with Gasteiger partial charge in [-0.2, -0.15) is 5.26 Å². The van der Waals surface area contributed by atoms with Gasteiger partial charge in [-0.15, -0.1) is 0 Å². The Morgan fingerprint density at radius 2 is 2.15 bits per heavy atom. The largest absolute Gasteiger partial charge is 0.493 e. The molecule has 1 N–H and O–H groups in total. The summed E-state index contributed by atoms with van der Waals surface area (Å²) in [7, 11) is 3.02. The van der Waals surface area contributed by atoms with Crippen LogP contribution in [0.25, 0.3) is 6.08 Å². The van der Waals surface area contributed by atoms with Crippen molar-refractivity contribution in [3.05, 3.63) is 29.3 Å². The van der Waals surface area contributed by atoms with Crippen molar-refractivity contribution in [2.45, 2.75) is 20.0 Å². The fourth-order valence-corrected chi connectivity index (χ4v) is 1.61. The zero-order valence-electron chi connectivity index (χ0n) is 12.1. The highest BCUT2D eigenvalue weighted by molar-refractivity contribution is 6.01. The molecular formula is C15H18N2O3. The Hall–Kier alpha value is -2.48. The second-order valence-corrected chi connectivity index (χ2v) is 4.29. The summed E-state index contributed by atoms with van der Waals surface area (Å²) in [5.74, 6) is 0.633. The molecule has 20 heavy (non-hydrogen) atoms. The third-order valence-corrected chi connectivity index (χ3v) is 2.47. The number of carbonyl (C=O) groups excluding carboxylic acids is 1. The topological polar surface area (TPSA) is 71.4 Å². The van der Waals surface area contributed by atoms with Crippen molar-refractivity contribution in [3.8, 4) is 17.6 Å². The maximum absolute atomic E-state index is 11.6. The summed E-state index contributed by atoms with van der Waals surface area (Å²) in [4.78, 5) is 11.6. The monoisotopic (exact) mass is 274 g/mol. The number of para-hydroxylation sites is 1. The quantitative estimate of drug-likeness (QED) is 0.659. The van der Waals surface area contributed by atoms with E-state index < -0.39 is 5.91 Å². The van der Waals surface area contributed by atoms with Crippen LogP contribution >= 0.6 is 0 Å². The van der Waals surface area contributed by atoms with Gasteiger partial charge in [-0.3, -0.25) is 4.79 Å². The Balaban J connectivity index is 3.33. The molecule has 0 bridgehead atoms. The number of nitriles is 1. The molecule has 0 heterocycles. The van der Waals surface area contributed by atoms with Crippen LogP contribution in [0.1, 0.15) is 19.4 Å². The van der Waals surface area contributed by atoms with Crippen LogP contribution in [0.3, 0.4) is 0 Å². The van der Waals surface area contributed by atoms with Gasteiger partial charge >= 0.3 is 0 Å². The van der Waals surface area contributed by atoms with Gasteiger partial charge in [-0.25, -0.2) is 0 Å². The predicted molar refractivity (Wildman–Crippen MR) is 76.4 cm³/mol. The van der Waals surface area contributed by atoms with Gasteiger partial charge in [0.05, 0.1) is 13.2 Å². The summed E-state index contributed by atoms with van der Waals surface area (Å²) in [6.07, 6.45) is 1.43. The Bertz CT molecular complexity index is 557. The molecule has 0 aromatic heterocycles. The highest BCUT2D eigenvalue weighted by Gasteiger charge is 2.13. The van der Waals surface area contributed by atoms with E-state index in [1.807, 2.05) is 19.9 Å². The smallest absolute Gasteiger partial charge is 0.261 e. The van der Waals surface area contributed by atoms with Crippen LogP contribution in [-0.2, 0) is 4.79 Å². The van der Waals surface area contributed by atoms with Crippen LogP contribution in [-0.4, -0.2) is 26.2 Å². The molecule has 1 rings (SSSR count). The zero-order valence-corrected chi connectivity index (χ0v) is 12.1. The number of rotatable bonds is 5. The summed E-state index contributed by atoms with van der Waals surface area (Å²) in [5.41, 5.74) is 0.632. The Morgan fingerprint density at radius 1 is 1.45 bits per heavy atom. The van der Waals surface area contributed by atoms with Gasteiger partial charge in [0.2, 0.25) is 0 Å². The number of ether oxygens (including phenoxy) is 2. The van der Waals surface area contributed by atoms with E-state index in [0.29, 0.717) is 17.1 Å². The Kier molecular flexibility index (Phi) is 5.60. The lowest BCUT2D eigenvalue weighted by Gasteiger charge is -2.16. The van der Waals surface area contributed by atoms with Crippen molar-refractivity contribution in [1.29, 1.82) is 5.26 Å². The molecular weight excluding hydrogens is 256 g/mol. The Morgan fingerprint density at radius 3 is 2.65 bits per heavy atom. The molecule has 1 aromatic carbocycles. The van der Waals surface area contributed by atoms with Crippen LogP contribution < -0.4 is 14.8 Å². The molecule has 1 aromatic rings. The lowest BCUT2D eigenvalue weighted by Crippen LogP contribution is -2.19. The maximum Gasteiger partial charge on any atom is 0.261 e. The minimum Gasteiger partial charge on any atom is -0.493 e. The van der Waals surface area contributed by atoms with E-state index in [1.54, 1.807) is 25.3 Å². The molecule has 0 radical (unpaired) electrons. The van der Waals surface area contributed by atoms with Crippen molar-refractivity contribution in [2.24, 2.45) is 0 Å². The minimum absolute atomic E-state index is 0.00867. The van der Waals surface area contributed by atoms with E-state index >= 15 is 0 Å². The van der Waals surface area contributed by atoms with E-state index in [4.69, 9.17) is 14.7 Å². The third-order valence-electron chi connectivity index (χ3n) is 2.47. The van der Waals surface area contributed by atoms with Crippen molar-refractivity contribution in [1.82, 2.24) is 5.32 Å².